The number of rotatable bonds is 12. The molecule has 0 aliphatic carbocycles. The van der Waals surface area contributed by atoms with E-state index in [9.17, 15) is 9.59 Å². The van der Waals surface area contributed by atoms with Crippen LogP contribution in [0.4, 0.5) is 5.69 Å². The number of carbonyl (C=O) groups excluding carboxylic acids is 2. The number of nitrogens with zero attached hydrogens (tertiary/aromatic N) is 1. The molecule has 2 amide bonds. The Morgan fingerprint density at radius 1 is 1.14 bits per heavy atom. The summed E-state index contributed by atoms with van der Waals surface area (Å²) in [7, 11) is 1.63. The number of thiocarbonyl (C=S) groups is 1. The number of amides is 2. The first-order chi connectivity index (χ1) is 17.0. The minimum atomic E-state index is -0.255. The van der Waals surface area contributed by atoms with Crippen LogP contribution in [0.15, 0.2) is 47.4 Å². The van der Waals surface area contributed by atoms with Gasteiger partial charge in [-0.05, 0) is 55.2 Å². The highest BCUT2D eigenvalue weighted by molar-refractivity contribution is 8.26. The van der Waals surface area contributed by atoms with Crippen LogP contribution >= 0.6 is 24.0 Å². The minimum absolute atomic E-state index is 0.113. The highest BCUT2D eigenvalue weighted by atomic mass is 32.2. The maximum absolute atomic E-state index is 12.8. The Kier molecular flexibility index (Phi) is 10.1. The molecule has 3 rings (SSSR count). The van der Waals surface area contributed by atoms with Gasteiger partial charge in [-0.3, -0.25) is 14.5 Å². The third-order valence-corrected chi connectivity index (χ3v) is 6.58. The molecular formula is C26H30N2O5S2. The van der Waals surface area contributed by atoms with Gasteiger partial charge in [-0.25, -0.2) is 0 Å². The lowest BCUT2D eigenvalue weighted by atomic mass is 10.1. The second-order valence-corrected chi connectivity index (χ2v) is 9.34. The van der Waals surface area contributed by atoms with Crippen LogP contribution < -0.4 is 14.8 Å². The van der Waals surface area contributed by atoms with Crippen molar-refractivity contribution in [2.75, 3.05) is 38.8 Å². The summed E-state index contributed by atoms with van der Waals surface area (Å²) in [6.07, 6.45) is 3.32. The van der Waals surface area contributed by atoms with E-state index in [1.165, 1.54) is 11.8 Å². The molecule has 2 aromatic carbocycles. The number of ether oxygens (including phenoxy) is 3. The molecule has 2 aromatic rings. The van der Waals surface area contributed by atoms with Crippen molar-refractivity contribution in [3.63, 3.8) is 0 Å². The van der Waals surface area contributed by atoms with E-state index in [0.717, 1.165) is 23.2 Å². The third kappa shape index (κ3) is 7.30. The van der Waals surface area contributed by atoms with Crippen LogP contribution in [0.3, 0.4) is 0 Å². The van der Waals surface area contributed by atoms with E-state index in [1.807, 2.05) is 44.2 Å². The Balaban J connectivity index is 1.68. The molecule has 0 atom stereocenters. The molecule has 1 aliphatic rings. The Morgan fingerprint density at radius 2 is 1.94 bits per heavy atom. The fraction of sp³-hybridized carbons (Fsp3) is 0.346. The Bertz CT molecular complexity index is 1100. The van der Waals surface area contributed by atoms with Crippen LogP contribution in [0, 0.1) is 0 Å². The second-order valence-electron chi connectivity index (χ2n) is 7.67. The summed E-state index contributed by atoms with van der Waals surface area (Å²) >= 11 is 6.65. The monoisotopic (exact) mass is 514 g/mol. The number of benzene rings is 2. The molecular weight excluding hydrogens is 484 g/mol. The van der Waals surface area contributed by atoms with E-state index >= 15 is 0 Å². The summed E-state index contributed by atoms with van der Waals surface area (Å²) in [6.45, 7) is 5.28. The maximum Gasteiger partial charge on any atom is 0.266 e. The summed E-state index contributed by atoms with van der Waals surface area (Å²) in [4.78, 5) is 27.4. The number of hydrogen-bond acceptors (Lipinski definition) is 7. The lowest BCUT2D eigenvalue weighted by Crippen LogP contribution is -2.29. The molecule has 9 heteroatoms. The maximum atomic E-state index is 12.8. The van der Waals surface area contributed by atoms with Crippen molar-refractivity contribution < 1.29 is 23.8 Å². The van der Waals surface area contributed by atoms with Crippen molar-refractivity contribution in [2.45, 2.75) is 26.7 Å². The van der Waals surface area contributed by atoms with Gasteiger partial charge < -0.3 is 19.5 Å². The summed E-state index contributed by atoms with van der Waals surface area (Å²) < 4.78 is 17.1. The molecule has 0 bridgehead atoms. The number of methoxy groups -OCH3 is 1. The van der Waals surface area contributed by atoms with Crippen LogP contribution in [0.2, 0.25) is 0 Å². The zero-order valence-electron chi connectivity index (χ0n) is 20.2. The van der Waals surface area contributed by atoms with Gasteiger partial charge in [0.15, 0.2) is 18.1 Å². The number of nitrogens with one attached hydrogen (secondary N) is 1. The van der Waals surface area contributed by atoms with Crippen molar-refractivity contribution in [1.29, 1.82) is 0 Å². The van der Waals surface area contributed by atoms with Crippen molar-refractivity contribution in [3.8, 4) is 11.5 Å². The highest BCUT2D eigenvalue weighted by Gasteiger charge is 2.31. The molecule has 7 nitrogen and oxygen atoms in total. The van der Waals surface area contributed by atoms with Gasteiger partial charge in [-0.1, -0.05) is 55.2 Å². The number of anilines is 1. The van der Waals surface area contributed by atoms with Gasteiger partial charge in [-0.2, -0.15) is 0 Å². The van der Waals surface area contributed by atoms with E-state index in [2.05, 4.69) is 5.32 Å². The standard InChI is InChI=1S/C26H30N2O5S2/c1-4-19-9-6-7-10-20(19)27-24(29)17-33-21-12-11-18(15-22(21)32-5-2)16-23-25(30)28(26(34)35-23)13-8-14-31-3/h6-7,9-12,15-16H,4-5,8,13-14,17H2,1-3H3,(H,27,29)/b23-16-. The number of aryl methyl sites for hydroxylation is 1. The Hall–Kier alpha value is -2.88. The fourth-order valence-corrected chi connectivity index (χ4v) is 4.80. The Morgan fingerprint density at radius 3 is 2.69 bits per heavy atom. The van der Waals surface area contributed by atoms with Crippen molar-refractivity contribution in [2.24, 2.45) is 0 Å². The zero-order chi connectivity index (χ0) is 25.2. The molecule has 0 unspecified atom stereocenters. The van der Waals surface area contributed by atoms with Crippen LogP contribution in [0.25, 0.3) is 6.08 Å². The van der Waals surface area contributed by atoms with E-state index in [0.29, 0.717) is 46.9 Å². The van der Waals surface area contributed by atoms with E-state index < -0.39 is 0 Å². The zero-order valence-corrected chi connectivity index (χ0v) is 21.8. The quantitative estimate of drug-likeness (QED) is 0.245. The van der Waals surface area contributed by atoms with Gasteiger partial charge >= 0.3 is 0 Å². The molecule has 1 heterocycles. The summed E-state index contributed by atoms with van der Waals surface area (Å²) in [5.41, 5.74) is 2.62. The second kappa shape index (κ2) is 13.3. The van der Waals surface area contributed by atoms with Crippen molar-refractivity contribution in [1.82, 2.24) is 4.90 Å². The first kappa shape index (κ1) is 26.7. The molecule has 1 aliphatic heterocycles. The van der Waals surface area contributed by atoms with Gasteiger partial charge in [0.25, 0.3) is 11.8 Å². The van der Waals surface area contributed by atoms with Crippen LogP contribution in [0.5, 0.6) is 11.5 Å². The largest absolute Gasteiger partial charge is 0.490 e. The van der Waals surface area contributed by atoms with E-state index in [1.54, 1.807) is 30.2 Å². The van der Waals surface area contributed by atoms with Crippen LogP contribution in [-0.4, -0.2) is 54.5 Å². The molecule has 0 saturated carbocycles. The lowest BCUT2D eigenvalue weighted by Gasteiger charge is -2.14. The SMILES string of the molecule is CCOc1cc(/C=C2\SC(=S)N(CCCOC)C2=O)ccc1OCC(=O)Nc1ccccc1CC. The summed E-state index contributed by atoms with van der Waals surface area (Å²) in [6, 6.07) is 13.0. The predicted molar refractivity (Wildman–Crippen MR) is 144 cm³/mol. The van der Waals surface area contributed by atoms with Gasteiger partial charge in [-0.15, -0.1) is 0 Å². The van der Waals surface area contributed by atoms with Crippen LogP contribution in [-0.2, 0) is 20.7 Å². The first-order valence-corrected chi connectivity index (χ1v) is 12.7. The van der Waals surface area contributed by atoms with Gasteiger partial charge in [0.05, 0.1) is 11.5 Å². The highest BCUT2D eigenvalue weighted by Crippen LogP contribution is 2.35. The van der Waals surface area contributed by atoms with E-state index in [4.69, 9.17) is 26.4 Å². The summed E-state index contributed by atoms with van der Waals surface area (Å²) in [5, 5.41) is 2.89. The van der Waals surface area contributed by atoms with Crippen LogP contribution in [0.1, 0.15) is 31.4 Å². The molecule has 35 heavy (non-hydrogen) atoms. The molecule has 1 fully saturated rings. The topological polar surface area (TPSA) is 77.1 Å². The molecule has 186 valence electrons. The average Bonchev–Trinajstić information content (AvgIpc) is 3.11. The number of hydrogen-bond donors (Lipinski definition) is 1. The van der Waals surface area contributed by atoms with Crippen molar-refractivity contribution >= 4 is 51.9 Å². The van der Waals surface area contributed by atoms with Gasteiger partial charge in [0.2, 0.25) is 0 Å². The normalized spacial score (nSPS) is 14.5. The predicted octanol–water partition coefficient (Wildman–Crippen LogP) is 4.90. The smallest absolute Gasteiger partial charge is 0.266 e. The molecule has 0 spiro atoms. The number of para-hydroxylation sites is 1. The lowest BCUT2D eigenvalue weighted by molar-refractivity contribution is -0.122. The van der Waals surface area contributed by atoms with Gasteiger partial charge in [0, 0.05) is 25.9 Å². The van der Waals surface area contributed by atoms with Crippen molar-refractivity contribution in [3.05, 3.63) is 58.5 Å². The number of carbonyl (C=O) groups is 2. The average molecular weight is 515 g/mol. The molecule has 0 radical (unpaired) electrons. The Labute approximate surface area is 215 Å². The fourth-order valence-electron chi connectivity index (χ4n) is 3.49. The molecule has 0 aromatic heterocycles. The minimum Gasteiger partial charge on any atom is -0.490 e. The summed E-state index contributed by atoms with van der Waals surface area (Å²) in [5.74, 6) is 0.585. The van der Waals surface area contributed by atoms with Gasteiger partial charge in [0.1, 0.15) is 4.32 Å². The van der Waals surface area contributed by atoms with E-state index in [-0.39, 0.29) is 18.4 Å². The number of thioether (sulfide) groups is 1. The first-order valence-electron chi connectivity index (χ1n) is 11.5. The molecule has 1 N–H and O–H groups in total. The third-order valence-electron chi connectivity index (χ3n) is 5.20. The molecule has 1 saturated heterocycles.